The molecular weight excluding hydrogens is 551 g/mol. The average Bonchev–Trinajstić information content (AvgIpc) is 3.57. The predicted octanol–water partition coefficient (Wildman–Crippen LogP) is 9.96. The van der Waals surface area contributed by atoms with Crippen molar-refractivity contribution in [1.29, 1.82) is 5.26 Å². The molecule has 0 fully saturated rings. The zero-order valence-electron chi connectivity index (χ0n) is 25.0. The summed E-state index contributed by atoms with van der Waals surface area (Å²) < 4.78 is 4.69. The molecule has 0 aliphatic carbocycles. The first kappa shape index (κ1) is 26.3. The highest BCUT2D eigenvalue weighted by molar-refractivity contribution is 6.88. The summed E-state index contributed by atoms with van der Waals surface area (Å²) in [5.41, 5.74) is 10.1. The normalized spacial score (nSPS) is 12.0. The maximum Gasteiger partial charge on any atom is 0.0991 e. The van der Waals surface area contributed by atoms with Crippen molar-refractivity contribution in [3.8, 4) is 28.6 Å². The number of para-hydroxylation sites is 2. The number of hydrogen-bond donors (Lipinski definition) is 0. The van der Waals surface area contributed by atoms with E-state index in [0.29, 0.717) is 5.56 Å². The van der Waals surface area contributed by atoms with Gasteiger partial charge in [0.2, 0.25) is 0 Å². The van der Waals surface area contributed by atoms with Gasteiger partial charge in [0, 0.05) is 32.9 Å². The van der Waals surface area contributed by atoms with E-state index < -0.39 is 8.07 Å². The average molecular weight is 582 g/mol. The lowest BCUT2D eigenvalue weighted by Crippen LogP contribution is -2.37. The van der Waals surface area contributed by atoms with Crippen LogP contribution in [0.5, 0.6) is 0 Å². The van der Waals surface area contributed by atoms with Crippen molar-refractivity contribution in [1.82, 2.24) is 9.13 Å². The predicted molar refractivity (Wildman–Crippen MR) is 188 cm³/mol. The molecule has 8 aromatic rings. The van der Waals surface area contributed by atoms with Crippen LogP contribution in [-0.2, 0) is 0 Å². The fourth-order valence-corrected chi connectivity index (χ4v) is 7.82. The van der Waals surface area contributed by atoms with E-state index in [9.17, 15) is 5.26 Å². The summed E-state index contributed by atoms with van der Waals surface area (Å²) in [7, 11) is -1.37. The van der Waals surface area contributed by atoms with Crippen molar-refractivity contribution in [3.63, 3.8) is 0 Å². The highest BCUT2D eigenvalue weighted by atomic mass is 28.3. The second-order valence-electron chi connectivity index (χ2n) is 12.6. The van der Waals surface area contributed by atoms with Gasteiger partial charge < -0.3 is 9.13 Å². The molecule has 8 rings (SSSR count). The van der Waals surface area contributed by atoms with Crippen molar-refractivity contribution < 1.29 is 0 Å². The molecule has 210 valence electrons. The highest BCUT2D eigenvalue weighted by Crippen LogP contribution is 2.38. The Morgan fingerprint density at radius 1 is 0.477 bits per heavy atom. The van der Waals surface area contributed by atoms with Crippen LogP contribution in [0.4, 0.5) is 0 Å². The van der Waals surface area contributed by atoms with E-state index in [1.54, 1.807) is 0 Å². The quantitative estimate of drug-likeness (QED) is 0.190. The molecule has 6 aromatic carbocycles. The maximum atomic E-state index is 9.30. The zero-order chi connectivity index (χ0) is 30.0. The fraction of sp³-hybridized carbons (Fsp3) is 0.0750. The van der Waals surface area contributed by atoms with Crippen LogP contribution in [0.25, 0.3) is 66.1 Å². The Morgan fingerprint density at radius 2 is 0.909 bits per heavy atom. The zero-order valence-corrected chi connectivity index (χ0v) is 26.0. The van der Waals surface area contributed by atoms with Gasteiger partial charge in [-0.1, -0.05) is 85.5 Å². The molecule has 0 atom stereocenters. The summed E-state index contributed by atoms with van der Waals surface area (Å²) in [6.07, 6.45) is 0. The molecule has 0 unspecified atom stereocenters. The Bertz CT molecular complexity index is 2410. The minimum atomic E-state index is -1.37. The van der Waals surface area contributed by atoms with Gasteiger partial charge in [-0.15, -0.1) is 0 Å². The molecule has 0 saturated carbocycles. The van der Waals surface area contributed by atoms with Gasteiger partial charge in [-0.05, 0) is 83.9 Å². The smallest absolute Gasteiger partial charge is 0.0991 e. The van der Waals surface area contributed by atoms with E-state index >= 15 is 0 Å². The Hall–Kier alpha value is -5.37. The molecular formula is C40H31N3Si. The molecule has 2 aromatic heterocycles. The molecule has 0 spiro atoms. The largest absolute Gasteiger partial charge is 0.309 e. The van der Waals surface area contributed by atoms with Gasteiger partial charge in [-0.25, -0.2) is 0 Å². The van der Waals surface area contributed by atoms with Crippen molar-refractivity contribution in [2.24, 2.45) is 0 Å². The fourth-order valence-electron chi connectivity index (χ4n) is 6.66. The third-order valence-corrected chi connectivity index (χ3v) is 11.0. The third kappa shape index (κ3) is 4.09. The number of benzene rings is 6. The van der Waals surface area contributed by atoms with Crippen molar-refractivity contribution in [3.05, 3.63) is 139 Å². The van der Waals surface area contributed by atoms with Crippen molar-refractivity contribution >= 4 is 56.9 Å². The highest BCUT2D eigenvalue weighted by Gasteiger charge is 2.18. The lowest BCUT2D eigenvalue weighted by molar-refractivity contribution is 1.18. The molecule has 0 amide bonds. The van der Waals surface area contributed by atoms with Crippen LogP contribution in [-0.4, -0.2) is 17.2 Å². The number of nitrogens with zero attached hydrogens (tertiary/aromatic N) is 3. The van der Waals surface area contributed by atoms with Gasteiger partial charge in [0.1, 0.15) is 0 Å². The second-order valence-corrected chi connectivity index (χ2v) is 17.7. The van der Waals surface area contributed by atoms with Crippen LogP contribution in [0, 0.1) is 11.3 Å². The first-order valence-corrected chi connectivity index (χ1v) is 18.6. The molecule has 0 aliphatic heterocycles. The van der Waals surface area contributed by atoms with Gasteiger partial charge in [-0.2, -0.15) is 5.26 Å². The first-order chi connectivity index (χ1) is 21.4. The summed E-state index contributed by atoms with van der Waals surface area (Å²) >= 11 is 0. The van der Waals surface area contributed by atoms with Crippen LogP contribution in [0.2, 0.25) is 19.6 Å². The monoisotopic (exact) mass is 581 g/mol. The molecule has 2 heterocycles. The lowest BCUT2D eigenvalue weighted by atomic mass is 10.0. The molecule has 0 N–H and O–H groups in total. The van der Waals surface area contributed by atoms with Crippen LogP contribution in [0.3, 0.4) is 0 Å². The summed E-state index contributed by atoms with van der Waals surface area (Å²) in [6, 6.07) is 50.2. The summed E-state index contributed by atoms with van der Waals surface area (Å²) in [6.45, 7) is 7.18. The van der Waals surface area contributed by atoms with Crippen molar-refractivity contribution in [2.75, 3.05) is 0 Å². The van der Waals surface area contributed by atoms with Gasteiger partial charge in [-0.3, -0.25) is 0 Å². The van der Waals surface area contributed by atoms with Gasteiger partial charge in [0.05, 0.1) is 41.8 Å². The minimum Gasteiger partial charge on any atom is -0.309 e. The van der Waals surface area contributed by atoms with Crippen LogP contribution < -0.4 is 5.19 Å². The molecule has 0 saturated heterocycles. The minimum absolute atomic E-state index is 0.664. The van der Waals surface area contributed by atoms with E-state index in [4.69, 9.17) is 0 Å². The summed E-state index contributed by atoms with van der Waals surface area (Å²) in [4.78, 5) is 0. The van der Waals surface area contributed by atoms with Crippen LogP contribution in [0.15, 0.2) is 133 Å². The summed E-state index contributed by atoms with van der Waals surface area (Å²) in [5.74, 6) is 0. The Morgan fingerprint density at radius 3 is 1.36 bits per heavy atom. The van der Waals surface area contributed by atoms with E-state index in [2.05, 4.69) is 144 Å². The first-order valence-electron chi connectivity index (χ1n) is 15.1. The van der Waals surface area contributed by atoms with Gasteiger partial charge in [0.15, 0.2) is 0 Å². The van der Waals surface area contributed by atoms with E-state index in [1.807, 2.05) is 24.3 Å². The standard InChI is InChI=1S/C40H31N3Si/c1-44(2,3)32-20-18-31(19-21-32)43-38-11-7-5-9-34(38)36-25-29(15-23-40(36)43)28-14-22-39-35(24-28)33-8-4-6-10-37(33)42(39)30-16-12-27(26-41)13-17-30/h4-25H,1-3H3. The molecule has 3 nitrogen and oxygen atoms in total. The SMILES string of the molecule is C[Si](C)(C)c1ccc(-n2c3ccccc3c3cc(-c4ccc5c(c4)c4ccccc4n5-c4ccc(C#N)cc4)ccc32)cc1. The second kappa shape index (κ2) is 9.84. The Balaban J connectivity index is 1.30. The molecule has 0 aliphatic rings. The van der Waals surface area contributed by atoms with Gasteiger partial charge >= 0.3 is 0 Å². The number of rotatable bonds is 4. The number of aromatic nitrogens is 2. The van der Waals surface area contributed by atoms with Crippen molar-refractivity contribution in [2.45, 2.75) is 19.6 Å². The maximum absolute atomic E-state index is 9.30. The Labute approximate surface area is 257 Å². The number of fused-ring (bicyclic) bond motifs is 6. The molecule has 0 radical (unpaired) electrons. The molecule has 4 heteroatoms. The molecule has 0 bridgehead atoms. The van der Waals surface area contributed by atoms with Crippen LogP contribution >= 0.6 is 0 Å². The summed E-state index contributed by atoms with van der Waals surface area (Å²) in [5, 5.41) is 15.7. The van der Waals surface area contributed by atoms with E-state index in [-0.39, 0.29) is 0 Å². The Kier molecular flexibility index (Phi) is 5.87. The third-order valence-electron chi connectivity index (χ3n) is 8.92. The van der Waals surface area contributed by atoms with E-state index in [0.717, 1.165) is 16.7 Å². The van der Waals surface area contributed by atoms with Crippen LogP contribution in [0.1, 0.15) is 5.56 Å². The number of nitriles is 1. The molecule has 44 heavy (non-hydrogen) atoms. The topological polar surface area (TPSA) is 33.6 Å². The number of hydrogen-bond acceptors (Lipinski definition) is 1. The van der Waals surface area contributed by atoms with Gasteiger partial charge in [0.25, 0.3) is 0 Å². The lowest BCUT2D eigenvalue weighted by Gasteiger charge is -2.17. The van der Waals surface area contributed by atoms with E-state index in [1.165, 1.54) is 54.6 Å².